The third-order valence-electron chi connectivity index (χ3n) is 4.51. The topological polar surface area (TPSA) is 27.3 Å². The molecule has 0 aromatic heterocycles. The zero-order valence-corrected chi connectivity index (χ0v) is 14.1. The summed E-state index contributed by atoms with van der Waals surface area (Å²) < 4.78 is 14.4. The molecule has 3 rings (SSSR count). The normalized spacial score (nSPS) is 15.9. The van der Waals surface area contributed by atoms with Gasteiger partial charge in [0.25, 0.3) is 0 Å². The van der Waals surface area contributed by atoms with Crippen molar-refractivity contribution in [3.8, 4) is 0 Å². The molecule has 0 amide bonds. The molecule has 4 heteroatoms. The quantitative estimate of drug-likeness (QED) is 0.774. The van der Waals surface area contributed by atoms with Gasteiger partial charge in [-0.05, 0) is 49.7 Å². The molecule has 2 aromatic rings. The van der Waals surface area contributed by atoms with E-state index in [-0.39, 0.29) is 5.82 Å². The molecule has 1 aliphatic rings. The van der Waals surface area contributed by atoms with Gasteiger partial charge in [0.05, 0.1) is 0 Å². The zero-order valence-electron chi connectivity index (χ0n) is 14.1. The first kappa shape index (κ1) is 16.9. The second kappa shape index (κ2) is 8.81. The molecule has 1 saturated heterocycles. The van der Waals surface area contributed by atoms with Gasteiger partial charge in [-0.1, -0.05) is 43.2 Å². The van der Waals surface area contributed by atoms with Gasteiger partial charge in [-0.2, -0.15) is 0 Å². The Morgan fingerprint density at radius 3 is 2.38 bits per heavy atom. The van der Waals surface area contributed by atoms with E-state index >= 15 is 0 Å². The number of hydrogen-bond donors (Lipinski definition) is 2. The van der Waals surface area contributed by atoms with Crippen LogP contribution in [-0.4, -0.2) is 18.0 Å². The summed E-state index contributed by atoms with van der Waals surface area (Å²) in [7, 11) is 0. The molecule has 24 heavy (non-hydrogen) atoms. The highest BCUT2D eigenvalue weighted by Crippen LogP contribution is 2.16. The summed E-state index contributed by atoms with van der Waals surface area (Å²) in [5.74, 6) is -0.0988. The lowest BCUT2D eigenvalue weighted by Gasteiger charge is -2.20. The number of rotatable bonds is 6. The summed E-state index contributed by atoms with van der Waals surface area (Å²) in [4.78, 5) is 2.38. The Bertz CT molecular complexity index is 622. The van der Waals surface area contributed by atoms with Gasteiger partial charge in [0.15, 0.2) is 0 Å². The Balaban J connectivity index is 1.52. The Morgan fingerprint density at radius 2 is 1.67 bits per heavy atom. The molecular formula is C20H26FN3. The maximum absolute atomic E-state index is 14.4. The molecule has 2 aromatic carbocycles. The molecule has 3 nitrogen and oxygen atoms in total. The van der Waals surface area contributed by atoms with Crippen molar-refractivity contribution in [2.45, 2.75) is 38.8 Å². The Hall–Kier alpha value is -1.91. The number of halogens is 1. The van der Waals surface area contributed by atoms with E-state index in [9.17, 15) is 4.39 Å². The van der Waals surface area contributed by atoms with Crippen LogP contribution in [0.25, 0.3) is 0 Å². The molecule has 2 N–H and O–H groups in total. The van der Waals surface area contributed by atoms with Gasteiger partial charge in [-0.3, -0.25) is 4.90 Å². The molecule has 0 spiro atoms. The van der Waals surface area contributed by atoms with E-state index in [1.54, 1.807) is 6.07 Å². The second-order valence-electron chi connectivity index (χ2n) is 6.46. The Kier molecular flexibility index (Phi) is 6.21. The van der Waals surface area contributed by atoms with Crippen molar-refractivity contribution in [3.63, 3.8) is 0 Å². The number of nitrogens with zero attached hydrogens (tertiary/aromatic N) is 1. The SMILES string of the molecule is Fc1cc(CNNc2ccccc2)ccc1CN1CCCCCC1. The van der Waals surface area contributed by atoms with Crippen LogP contribution in [-0.2, 0) is 13.1 Å². The minimum Gasteiger partial charge on any atom is -0.321 e. The van der Waals surface area contributed by atoms with E-state index in [0.29, 0.717) is 6.54 Å². The van der Waals surface area contributed by atoms with Crippen molar-refractivity contribution >= 4 is 5.69 Å². The lowest BCUT2D eigenvalue weighted by atomic mass is 10.1. The molecule has 0 atom stereocenters. The van der Waals surface area contributed by atoms with Crippen molar-refractivity contribution in [2.75, 3.05) is 18.5 Å². The predicted molar refractivity (Wildman–Crippen MR) is 97.0 cm³/mol. The highest BCUT2D eigenvalue weighted by molar-refractivity contribution is 5.41. The van der Waals surface area contributed by atoms with Gasteiger partial charge in [0.1, 0.15) is 5.82 Å². The summed E-state index contributed by atoms with van der Waals surface area (Å²) in [6, 6.07) is 15.5. The van der Waals surface area contributed by atoms with Crippen LogP contribution in [0.2, 0.25) is 0 Å². The fourth-order valence-electron chi connectivity index (χ4n) is 3.13. The van der Waals surface area contributed by atoms with E-state index < -0.39 is 0 Å². The zero-order chi connectivity index (χ0) is 16.6. The summed E-state index contributed by atoms with van der Waals surface area (Å²) in [5.41, 5.74) is 8.99. The first-order chi connectivity index (χ1) is 11.8. The molecule has 1 fully saturated rings. The number of hydrazine groups is 1. The van der Waals surface area contributed by atoms with Gasteiger partial charge in [0.2, 0.25) is 0 Å². The number of benzene rings is 2. The van der Waals surface area contributed by atoms with Crippen molar-refractivity contribution in [1.29, 1.82) is 0 Å². The molecule has 0 aliphatic carbocycles. The van der Waals surface area contributed by atoms with Crippen LogP contribution in [0.15, 0.2) is 48.5 Å². The van der Waals surface area contributed by atoms with E-state index in [1.807, 2.05) is 42.5 Å². The largest absolute Gasteiger partial charge is 0.321 e. The molecule has 1 heterocycles. The fraction of sp³-hybridized carbons (Fsp3) is 0.400. The first-order valence-corrected chi connectivity index (χ1v) is 8.85. The fourth-order valence-corrected chi connectivity index (χ4v) is 3.13. The van der Waals surface area contributed by atoms with Crippen molar-refractivity contribution in [3.05, 3.63) is 65.5 Å². The highest BCUT2D eigenvalue weighted by atomic mass is 19.1. The third kappa shape index (κ3) is 5.05. The smallest absolute Gasteiger partial charge is 0.128 e. The van der Waals surface area contributed by atoms with Crippen LogP contribution in [0.4, 0.5) is 10.1 Å². The molecule has 1 aliphatic heterocycles. The lowest BCUT2D eigenvalue weighted by Crippen LogP contribution is -2.24. The van der Waals surface area contributed by atoms with Crippen LogP contribution < -0.4 is 10.9 Å². The van der Waals surface area contributed by atoms with Gasteiger partial charge < -0.3 is 5.43 Å². The van der Waals surface area contributed by atoms with E-state index in [0.717, 1.165) is 36.4 Å². The van der Waals surface area contributed by atoms with Crippen LogP contribution in [0, 0.1) is 5.82 Å². The number of nitrogens with one attached hydrogen (secondary N) is 2. The molecule has 0 bridgehead atoms. The van der Waals surface area contributed by atoms with Crippen LogP contribution in [0.1, 0.15) is 36.8 Å². The first-order valence-electron chi connectivity index (χ1n) is 8.85. The molecular weight excluding hydrogens is 301 g/mol. The highest BCUT2D eigenvalue weighted by Gasteiger charge is 2.12. The molecule has 0 saturated carbocycles. The number of para-hydroxylation sites is 1. The van der Waals surface area contributed by atoms with Crippen molar-refractivity contribution in [1.82, 2.24) is 10.3 Å². The summed E-state index contributed by atoms with van der Waals surface area (Å²) >= 11 is 0. The summed E-state index contributed by atoms with van der Waals surface area (Å²) in [6.45, 7) is 3.48. The summed E-state index contributed by atoms with van der Waals surface area (Å²) in [6.07, 6.45) is 5.07. The number of anilines is 1. The minimum atomic E-state index is -0.0988. The van der Waals surface area contributed by atoms with E-state index in [4.69, 9.17) is 0 Å². The Morgan fingerprint density at radius 1 is 0.917 bits per heavy atom. The second-order valence-corrected chi connectivity index (χ2v) is 6.46. The Labute approximate surface area is 143 Å². The van der Waals surface area contributed by atoms with Gasteiger partial charge in [0, 0.05) is 24.3 Å². The molecule has 0 unspecified atom stereocenters. The molecule has 128 valence electrons. The van der Waals surface area contributed by atoms with E-state index in [1.165, 1.54) is 25.7 Å². The average molecular weight is 327 g/mol. The summed E-state index contributed by atoms with van der Waals surface area (Å²) in [5, 5.41) is 0. The van der Waals surface area contributed by atoms with Crippen LogP contribution >= 0.6 is 0 Å². The average Bonchev–Trinajstić information content (AvgIpc) is 2.87. The number of likely N-dealkylation sites (tertiary alicyclic amines) is 1. The predicted octanol–water partition coefficient (Wildman–Crippen LogP) is 4.32. The van der Waals surface area contributed by atoms with Crippen molar-refractivity contribution < 1.29 is 4.39 Å². The van der Waals surface area contributed by atoms with Crippen molar-refractivity contribution in [2.24, 2.45) is 0 Å². The van der Waals surface area contributed by atoms with Gasteiger partial charge in [-0.15, -0.1) is 0 Å². The minimum absolute atomic E-state index is 0.0988. The number of hydrogen-bond acceptors (Lipinski definition) is 3. The van der Waals surface area contributed by atoms with Crippen LogP contribution in [0.3, 0.4) is 0 Å². The van der Waals surface area contributed by atoms with Gasteiger partial charge >= 0.3 is 0 Å². The van der Waals surface area contributed by atoms with Gasteiger partial charge in [-0.25, -0.2) is 9.82 Å². The maximum atomic E-state index is 14.4. The standard InChI is InChI=1S/C20H26FN3/c21-20-14-17(15-22-23-19-8-4-3-5-9-19)10-11-18(20)16-24-12-6-1-2-7-13-24/h3-5,8-11,14,22-23H,1-2,6-7,12-13,15-16H2. The third-order valence-corrected chi connectivity index (χ3v) is 4.51. The monoisotopic (exact) mass is 327 g/mol. The molecule has 0 radical (unpaired) electrons. The van der Waals surface area contributed by atoms with E-state index in [2.05, 4.69) is 15.8 Å². The lowest BCUT2D eigenvalue weighted by molar-refractivity contribution is 0.273. The maximum Gasteiger partial charge on any atom is 0.128 e. The van der Waals surface area contributed by atoms with Crippen LogP contribution in [0.5, 0.6) is 0 Å².